The van der Waals surface area contributed by atoms with Crippen LogP contribution in [0.15, 0.2) is 48.5 Å². The molecule has 0 saturated carbocycles. The molecule has 122 valence electrons. The number of methoxy groups -OCH3 is 1. The summed E-state index contributed by atoms with van der Waals surface area (Å²) in [6.07, 6.45) is 0.836. The number of carbonyl (C=O) groups is 1. The Hall–Kier alpha value is -2.56. The van der Waals surface area contributed by atoms with Crippen LogP contribution in [-0.4, -0.2) is 26.2 Å². The zero-order chi connectivity index (χ0) is 16.5. The molecule has 0 aromatic heterocycles. The molecule has 0 radical (unpaired) electrons. The van der Waals surface area contributed by atoms with Gasteiger partial charge in [0.1, 0.15) is 23.9 Å². The molecule has 2 aromatic carbocycles. The van der Waals surface area contributed by atoms with Crippen LogP contribution >= 0.6 is 0 Å². The average Bonchev–Trinajstić information content (AvgIpc) is 2.57. The predicted octanol–water partition coefficient (Wildman–Crippen LogP) is 2.96. The Balaban J connectivity index is 1.64. The second-order valence-corrected chi connectivity index (χ2v) is 5.01. The van der Waals surface area contributed by atoms with E-state index in [1.54, 1.807) is 19.2 Å². The highest BCUT2D eigenvalue weighted by Crippen LogP contribution is 2.18. The van der Waals surface area contributed by atoms with Gasteiger partial charge < -0.3 is 14.8 Å². The monoisotopic (exact) mass is 317 g/mol. The lowest BCUT2D eigenvalue weighted by Gasteiger charge is -2.09. The quantitative estimate of drug-likeness (QED) is 0.762. The molecule has 1 N–H and O–H groups in total. The highest BCUT2D eigenvalue weighted by molar-refractivity contribution is 5.76. The molecular weight excluding hydrogens is 297 g/mol. The molecule has 0 saturated heterocycles. The minimum Gasteiger partial charge on any atom is -0.497 e. The van der Waals surface area contributed by atoms with E-state index in [1.165, 1.54) is 12.1 Å². The Morgan fingerprint density at radius 1 is 1.13 bits per heavy atom. The maximum atomic E-state index is 13.0. The van der Waals surface area contributed by atoms with Gasteiger partial charge in [-0.05, 0) is 36.2 Å². The van der Waals surface area contributed by atoms with Crippen molar-refractivity contribution in [3.05, 3.63) is 59.9 Å². The first-order valence-corrected chi connectivity index (χ1v) is 7.45. The van der Waals surface area contributed by atoms with Gasteiger partial charge in [0.25, 0.3) is 0 Å². The molecular formula is C18H20FNO3. The molecule has 2 rings (SSSR count). The fraction of sp³-hybridized carbons (Fsp3) is 0.278. The van der Waals surface area contributed by atoms with E-state index in [2.05, 4.69) is 5.32 Å². The summed E-state index contributed by atoms with van der Waals surface area (Å²) in [4.78, 5) is 11.7. The van der Waals surface area contributed by atoms with Gasteiger partial charge >= 0.3 is 0 Å². The minimum absolute atomic E-state index is 0.0801. The molecule has 0 fully saturated rings. The summed E-state index contributed by atoms with van der Waals surface area (Å²) in [5, 5.41) is 2.78. The Morgan fingerprint density at radius 2 is 1.91 bits per heavy atom. The fourth-order valence-electron chi connectivity index (χ4n) is 2.09. The van der Waals surface area contributed by atoms with Gasteiger partial charge in [-0.25, -0.2) is 4.39 Å². The van der Waals surface area contributed by atoms with Gasteiger partial charge in [0.05, 0.1) is 13.7 Å². The molecule has 0 unspecified atom stereocenters. The first kappa shape index (κ1) is 16.8. The van der Waals surface area contributed by atoms with Crippen molar-refractivity contribution >= 4 is 5.91 Å². The Labute approximate surface area is 135 Å². The van der Waals surface area contributed by atoms with Gasteiger partial charge in [-0.1, -0.05) is 18.2 Å². The summed E-state index contributed by atoms with van der Waals surface area (Å²) in [5.74, 6) is 1.05. The van der Waals surface area contributed by atoms with E-state index in [9.17, 15) is 9.18 Å². The molecule has 1 amide bonds. The van der Waals surface area contributed by atoms with Crippen molar-refractivity contribution in [2.75, 3.05) is 20.3 Å². The standard InChI is InChI=1S/C18H20FNO3/c1-22-16-6-3-7-17(13-16)23-11-10-20-18(21)9-8-14-4-2-5-15(19)12-14/h2-7,12-13H,8-11H2,1H3,(H,20,21). The number of amides is 1. The molecule has 4 nitrogen and oxygen atoms in total. The molecule has 0 aliphatic carbocycles. The lowest BCUT2D eigenvalue weighted by molar-refractivity contribution is -0.121. The third-order valence-electron chi connectivity index (χ3n) is 3.26. The highest BCUT2D eigenvalue weighted by atomic mass is 19.1. The van der Waals surface area contributed by atoms with Gasteiger partial charge in [-0.2, -0.15) is 0 Å². The summed E-state index contributed by atoms with van der Waals surface area (Å²) < 4.78 is 23.7. The van der Waals surface area contributed by atoms with Crippen molar-refractivity contribution < 1.29 is 18.7 Å². The SMILES string of the molecule is COc1cccc(OCCNC(=O)CCc2cccc(F)c2)c1. The number of carbonyl (C=O) groups excluding carboxylic acids is 1. The van der Waals surface area contributed by atoms with E-state index in [-0.39, 0.29) is 11.7 Å². The maximum Gasteiger partial charge on any atom is 0.220 e. The molecule has 0 atom stereocenters. The van der Waals surface area contributed by atoms with E-state index in [1.807, 2.05) is 24.3 Å². The van der Waals surface area contributed by atoms with Crippen LogP contribution in [0.1, 0.15) is 12.0 Å². The van der Waals surface area contributed by atoms with Crippen LogP contribution in [0.2, 0.25) is 0 Å². The molecule has 2 aromatic rings. The molecule has 0 aliphatic heterocycles. The molecule has 0 bridgehead atoms. The Bertz CT molecular complexity index is 646. The number of ether oxygens (including phenoxy) is 2. The number of aryl methyl sites for hydroxylation is 1. The normalized spacial score (nSPS) is 10.2. The maximum absolute atomic E-state index is 13.0. The lowest BCUT2D eigenvalue weighted by Crippen LogP contribution is -2.28. The van der Waals surface area contributed by atoms with Crippen LogP contribution < -0.4 is 14.8 Å². The smallest absolute Gasteiger partial charge is 0.220 e. The summed E-state index contributed by atoms with van der Waals surface area (Å²) in [7, 11) is 1.60. The van der Waals surface area contributed by atoms with Crippen molar-refractivity contribution in [3.8, 4) is 11.5 Å². The zero-order valence-electron chi connectivity index (χ0n) is 13.0. The van der Waals surface area contributed by atoms with E-state index in [4.69, 9.17) is 9.47 Å². The van der Waals surface area contributed by atoms with E-state index < -0.39 is 0 Å². The van der Waals surface area contributed by atoms with Crippen molar-refractivity contribution in [3.63, 3.8) is 0 Å². The van der Waals surface area contributed by atoms with Crippen LogP contribution in [0.4, 0.5) is 4.39 Å². The van der Waals surface area contributed by atoms with E-state index in [0.717, 1.165) is 11.3 Å². The van der Waals surface area contributed by atoms with Gasteiger partial charge in [0.15, 0.2) is 0 Å². The van der Waals surface area contributed by atoms with E-state index in [0.29, 0.717) is 31.7 Å². The molecule has 0 spiro atoms. The third-order valence-corrected chi connectivity index (χ3v) is 3.26. The number of benzene rings is 2. The summed E-state index contributed by atoms with van der Waals surface area (Å²) in [6.45, 7) is 0.790. The predicted molar refractivity (Wildman–Crippen MR) is 86.2 cm³/mol. The second-order valence-electron chi connectivity index (χ2n) is 5.01. The highest BCUT2D eigenvalue weighted by Gasteiger charge is 2.03. The first-order chi connectivity index (χ1) is 11.2. The lowest BCUT2D eigenvalue weighted by atomic mass is 10.1. The molecule has 0 heterocycles. The van der Waals surface area contributed by atoms with Gasteiger partial charge in [-0.15, -0.1) is 0 Å². The number of nitrogens with one attached hydrogen (secondary N) is 1. The first-order valence-electron chi connectivity index (χ1n) is 7.45. The Kier molecular flexibility index (Phi) is 6.41. The van der Waals surface area contributed by atoms with Gasteiger partial charge in [-0.3, -0.25) is 4.79 Å². The molecule has 0 aliphatic rings. The van der Waals surface area contributed by atoms with Crippen LogP contribution in [0, 0.1) is 5.82 Å². The fourth-order valence-corrected chi connectivity index (χ4v) is 2.09. The molecule has 5 heteroatoms. The van der Waals surface area contributed by atoms with Crippen molar-refractivity contribution in [1.82, 2.24) is 5.32 Å². The second kappa shape index (κ2) is 8.78. The van der Waals surface area contributed by atoms with Gasteiger partial charge in [0.2, 0.25) is 5.91 Å². The topological polar surface area (TPSA) is 47.6 Å². The summed E-state index contributed by atoms with van der Waals surface area (Å²) >= 11 is 0. The van der Waals surface area contributed by atoms with Gasteiger partial charge in [0, 0.05) is 12.5 Å². The van der Waals surface area contributed by atoms with Crippen LogP contribution in [0.5, 0.6) is 11.5 Å². The number of hydrogen-bond acceptors (Lipinski definition) is 3. The molecule has 23 heavy (non-hydrogen) atoms. The number of halogens is 1. The van der Waals surface area contributed by atoms with Crippen molar-refractivity contribution in [1.29, 1.82) is 0 Å². The largest absolute Gasteiger partial charge is 0.497 e. The van der Waals surface area contributed by atoms with Crippen molar-refractivity contribution in [2.45, 2.75) is 12.8 Å². The van der Waals surface area contributed by atoms with E-state index >= 15 is 0 Å². The summed E-state index contributed by atoms with van der Waals surface area (Å²) in [5.41, 5.74) is 0.813. The van der Waals surface area contributed by atoms with Crippen LogP contribution in [-0.2, 0) is 11.2 Å². The van der Waals surface area contributed by atoms with Crippen LogP contribution in [0.3, 0.4) is 0 Å². The Morgan fingerprint density at radius 3 is 2.70 bits per heavy atom. The number of rotatable bonds is 8. The average molecular weight is 317 g/mol. The minimum atomic E-state index is -0.283. The summed E-state index contributed by atoms with van der Waals surface area (Å²) in [6, 6.07) is 13.6. The van der Waals surface area contributed by atoms with Crippen molar-refractivity contribution in [2.24, 2.45) is 0 Å². The number of hydrogen-bond donors (Lipinski definition) is 1. The third kappa shape index (κ3) is 5.98. The zero-order valence-corrected chi connectivity index (χ0v) is 13.0. The van der Waals surface area contributed by atoms with Crippen LogP contribution in [0.25, 0.3) is 0 Å².